The second kappa shape index (κ2) is 6.88. The van der Waals surface area contributed by atoms with E-state index < -0.39 is 0 Å². The molecule has 5 rings (SSSR count). The maximum atomic E-state index is 12.2. The zero-order valence-electron chi connectivity index (χ0n) is 17.3. The van der Waals surface area contributed by atoms with Crippen LogP contribution in [0.2, 0.25) is 0 Å². The number of rotatable bonds is 3. The van der Waals surface area contributed by atoms with Gasteiger partial charge >= 0.3 is 5.69 Å². The third-order valence-corrected chi connectivity index (χ3v) is 6.37. The molecule has 0 atom stereocenters. The molecule has 6 nitrogen and oxygen atoms in total. The molecule has 1 fully saturated rings. The molecule has 1 saturated heterocycles. The number of nitrogens with zero attached hydrogens (tertiary/aromatic N) is 4. The van der Waals surface area contributed by atoms with E-state index >= 15 is 0 Å². The van der Waals surface area contributed by atoms with Gasteiger partial charge in [-0.2, -0.15) is 0 Å². The predicted octanol–water partition coefficient (Wildman–Crippen LogP) is 3.44. The molecule has 150 valence electrons. The van der Waals surface area contributed by atoms with E-state index in [4.69, 9.17) is 4.98 Å². The lowest BCUT2D eigenvalue weighted by molar-refractivity contribution is 0.202. The molecule has 0 bridgehead atoms. The van der Waals surface area contributed by atoms with Crippen LogP contribution in [0.1, 0.15) is 35.7 Å². The predicted molar refractivity (Wildman–Crippen MR) is 116 cm³/mol. The molecular formula is C23H27N5O. The summed E-state index contributed by atoms with van der Waals surface area (Å²) in [6, 6.07) is 12.8. The van der Waals surface area contributed by atoms with Gasteiger partial charge in [-0.05, 0) is 68.2 Å². The smallest absolute Gasteiger partial charge is 0.328 e. The quantitative estimate of drug-likeness (QED) is 0.584. The Kier molecular flexibility index (Phi) is 4.32. The molecule has 0 saturated carbocycles. The lowest BCUT2D eigenvalue weighted by atomic mass is 9.96. The van der Waals surface area contributed by atoms with Crippen molar-refractivity contribution in [2.75, 3.05) is 13.1 Å². The van der Waals surface area contributed by atoms with Crippen LogP contribution in [0.3, 0.4) is 0 Å². The summed E-state index contributed by atoms with van der Waals surface area (Å²) in [7, 11) is 3.67. The Morgan fingerprint density at radius 3 is 2.59 bits per heavy atom. The molecule has 0 aliphatic carbocycles. The van der Waals surface area contributed by atoms with E-state index in [1.165, 1.54) is 11.1 Å². The number of hydrogen-bond acceptors (Lipinski definition) is 3. The number of fused-ring (bicyclic) bond motifs is 2. The van der Waals surface area contributed by atoms with E-state index in [-0.39, 0.29) is 5.69 Å². The Balaban J connectivity index is 1.28. The maximum absolute atomic E-state index is 12.2. The number of aryl methyl sites for hydroxylation is 3. The molecule has 1 aliphatic heterocycles. The topological polar surface area (TPSA) is 58.9 Å². The molecular weight excluding hydrogens is 362 g/mol. The summed E-state index contributed by atoms with van der Waals surface area (Å²) < 4.78 is 3.44. The van der Waals surface area contributed by atoms with Crippen molar-refractivity contribution in [2.45, 2.75) is 32.2 Å². The summed E-state index contributed by atoms with van der Waals surface area (Å²) in [6.45, 7) is 5.16. The molecule has 1 aliphatic rings. The van der Waals surface area contributed by atoms with Crippen LogP contribution in [-0.2, 0) is 20.6 Å². The van der Waals surface area contributed by atoms with Crippen molar-refractivity contribution in [3.8, 4) is 0 Å². The number of likely N-dealkylation sites (tertiary alicyclic amines) is 1. The molecule has 3 heterocycles. The van der Waals surface area contributed by atoms with Crippen molar-refractivity contribution in [1.29, 1.82) is 0 Å². The average molecular weight is 390 g/mol. The van der Waals surface area contributed by atoms with Gasteiger partial charge in [-0.1, -0.05) is 12.1 Å². The molecule has 2 aromatic heterocycles. The maximum Gasteiger partial charge on any atom is 0.328 e. The van der Waals surface area contributed by atoms with E-state index in [0.717, 1.165) is 60.4 Å². The summed E-state index contributed by atoms with van der Waals surface area (Å²) >= 11 is 0. The van der Waals surface area contributed by atoms with Crippen LogP contribution in [0, 0.1) is 6.92 Å². The monoisotopic (exact) mass is 389 g/mol. The van der Waals surface area contributed by atoms with E-state index in [2.05, 4.69) is 53.2 Å². The van der Waals surface area contributed by atoms with Crippen molar-refractivity contribution in [3.63, 3.8) is 0 Å². The third-order valence-electron chi connectivity index (χ3n) is 6.37. The highest BCUT2D eigenvalue weighted by molar-refractivity contribution is 5.77. The fourth-order valence-electron chi connectivity index (χ4n) is 4.61. The number of aromatic amines is 1. The van der Waals surface area contributed by atoms with E-state index in [9.17, 15) is 4.79 Å². The first-order valence-corrected chi connectivity index (χ1v) is 10.3. The van der Waals surface area contributed by atoms with Crippen LogP contribution >= 0.6 is 0 Å². The first-order chi connectivity index (χ1) is 14.0. The molecule has 29 heavy (non-hydrogen) atoms. The van der Waals surface area contributed by atoms with Crippen molar-refractivity contribution in [3.05, 3.63) is 63.8 Å². The van der Waals surface area contributed by atoms with E-state index in [1.807, 2.05) is 14.1 Å². The summed E-state index contributed by atoms with van der Waals surface area (Å²) in [6.07, 6.45) is 2.23. The van der Waals surface area contributed by atoms with Crippen LogP contribution < -0.4 is 5.69 Å². The number of hydrogen-bond donors (Lipinski definition) is 1. The van der Waals surface area contributed by atoms with Crippen molar-refractivity contribution >= 4 is 22.1 Å². The lowest BCUT2D eigenvalue weighted by Gasteiger charge is -2.31. The Bertz CT molecular complexity index is 1250. The third kappa shape index (κ3) is 3.17. The summed E-state index contributed by atoms with van der Waals surface area (Å²) in [4.78, 5) is 23.0. The first kappa shape index (κ1) is 18.2. The summed E-state index contributed by atoms with van der Waals surface area (Å²) in [5, 5.41) is 0. The highest BCUT2D eigenvalue weighted by atomic mass is 16.1. The first-order valence-electron chi connectivity index (χ1n) is 10.3. The molecule has 0 unspecified atom stereocenters. The molecule has 6 heteroatoms. The highest BCUT2D eigenvalue weighted by Gasteiger charge is 2.23. The lowest BCUT2D eigenvalue weighted by Crippen LogP contribution is -2.32. The number of imidazole rings is 2. The van der Waals surface area contributed by atoms with Crippen LogP contribution in [0.4, 0.5) is 0 Å². The average Bonchev–Trinajstić information content (AvgIpc) is 3.23. The van der Waals surface area contributed by atoms with Crippen molar-refractivity contribution in [2.24, 2.45) is 14.1 Å². The standard InChI is InChI=1S/C23H27N5O/c1-15-4-6-18-19(12-15)25-22(24-18)17-8-10-28(11-9-17)14-16-5-7-20-21(13-16)27(3)23(29)26(20)2/h4-7,12-13,17H,8-11,14H2,1-3H3,(H,24,25). The molecule has 0 spiro atoms. The second-order valence-corrected chi connectivity index (χ2v) is 8.42. The zero-order valence-corrected chi connectivity index (χ0v) is 17.3. The fraction of sp³-hybridized carbons (Fsp3) is 0.391. The van der Waals surface area contributed by atoms with Crippen LogP contribution in [0.5, 0.6) is 0 Å². The SMILES string of the molecule is Cc1ccc2nc(C3CCN(Cc4ccc5c(c4)n(C)c(=O)n5C)CC3)[nH]c2c1. The molecule has 4 aromatic rings. The summed E-state index contributed by atoms with van der Waals surface area (Å²) in [5.74, 6) is 1.63. The minimum Gasteiger partial charge on any atom is -0.342 e. The normalized spacial score (nSPS) is 16.2. The van der Waals surface area contributed by atoms with Gasteiger partial charge in [-0.15, -0.1) is 0 Å². The molecule has 2 aromatic carbocycles. The largest absolute Gasteiger partial charge is 0.342 e. The summed E-state index contributed by atoms with van der Waals surface area (Å²) in [5.41, 5.74) is 6.74. The Labute approximate surface area is 169 Å². The van der Waals surface area contributed by atoms with Gasteiger partial charge in [0.05, 0.1) is 22.1 Å². The van der Waals surface area contributed by atoms with Crippen LogP contribution in [0.25, 0.3) is 22.1 Å². The van der Waals surface area contributed by atoms with Gasteiger partial charge in [0.2, 0.25) is 0 Å². The van der Waals surface area contributed by atoms with Gasteiger partial charge in [-0.25, -0.2) is 9.78 Å². The minimum absolute atomic E-state index is 0.0268. The second-order valence-electron chi connectivity index (χ2n) is 8.42. The van der Waals surface area contributed by atoms with Gasteiger partial charge < -0.3 is 4.98 Å². The number of H-pyrrole nitrogens is 1. The molecule has 0 amide bonds. The van der Waals surface area contributed by atoms with Crippen LogP contribution in [-0.4, -0.2) is 37.1 Å². The zero-order chi connectivity index (χ0) is 20.1. The number of aromatic nitrogens is 4. The molecule has 0 radical (unpaired) electrons. The van der Waals surface area contributed by atoms with Gasteiger partial charge in [0.1, 0.15) is 5.82 Å². The minimum atomic E-state index is 0.0268. The highest BCUT2D eigenvalue weighted by Crippen LogP contribution is 2.29. The van der Waals surface area contributed by atoms with Gasteiger partial charge in [0.15, 0.2) is 0 Å². The Morgan fingerprint density at radius 1 is 1.03 bits per heavy atom. The van der Waals surface area contributed by atoms with E-state index in [1.54, 1.807) is 9.13 Å². The van der Waals surface area contributed by atoms with E-state index in [0.29, 0.717) is 5.92 Å². The van der Waals surface area contributed by atoms with Crippen LogP contribution in [0.15, 0.2) is 41.2 Å². The molecule has 1 N–H and O–H groups in total. The fourth-order valence-corrected chi connectivity index (χ4v) is 4.61. The Hall–Kier alpha value is -2.86. The number of benzene rings is 2. The van der Waals surface area contributed by atoms with Crippen molar-refractivity contribution in [1.82, 2.24) is 24.0 Å². The number of nitrogens with one attached hydrogen (secondary N) is 1. The Morgan fingerprint density at radius 2 is 1.79 bits per heavy atom. The van der Waals surface area contributed by atoms with Gasteiger partial charge in [-0.3, -0.25) is 14.0 Å². The van der Waals surface area contributed by atoms with Gasteiger partial charge in [0.25, 0.3) is 0 Å². The number of piperidine rings is 1. The van der Waals surface area contributed by atoms with Crippen molar-refractivity contribution < 1.29 is 0 Å². The van der Waals surface area contributed by atoms with Gasteiger partial charge in [0, 0.05) is 26.6 Å².